The fraction of sp³-hybridized carbons (Fsp3) is 0.941. The van der Waals surface area contributed by atoms with Crippen LogP contribution in [0.4, 0.5) is 8.78 Å². The molecule has 0 aliphatic carbocycles. The predicted octanol–water partition coefficient (Wildman–Crippen LogP) is 6.16. The van der Waals surface area contributed by atoms with Crippen molar-refractivity contribution < 1.29 is 18.3 Å². The van der Waals surface area contributed by atoms with Crippen LogP contribution in [-0.2, 0) is 9.53 Å². The van der Waals surface area contributed by atoms with Gasteiger partial charge in [-0.05, 0) is 13.3 Å². The van der Waals surface area contributed by atoms with Crippen LogP contribution in [0.15, 0.2) is 0 Å². The van der Waals surface area contributed by atoms with Crippen LogP contribution >= 0.6 is 22.6 Å². The number of halogens is 3. The Morgan fingerprint density at radius 1 is 1.05 bits per heavy atom. The smallest absolute Gasteiger partial charge is 0.377 e. The van der Waals surface area contributed by atoms with Crippen molar-refractivity contribution in [3.63, 3.8) is 0 Å². The molecule has 0 saturated heterocycles. The number of carbonyl (C=O) groups excluding carboxylic acids is 1. The molecule has 0 aromatic heterocycles. The van der Waals surface area contributed by atoms with Crippen molar-refractivity contribution in [3.8, 4) is 0 Å². The van der Waals surface area contributed by atoms with E-state index < -0.39 is 17.8 Å². The number of hydrogen-bond acceptors (Lipinski definition) is 2. The average Bonchev–Trinajstić information content (AvgIpc) is 2.49. The van der Waals surface area contributed by atoms with Crippen molar-refractivity contribution in [2.24, 2.45) is 5.92 Å². The van der Waals surface area contributed by atoms with Gasteiger partial charge in [-0.15, -0.1) is 0 Å². The minimum absolute atomic E-state index is 0.00884. The van der Waals surface area contributed by atoms with Crippen molar-refractivity contribution >= 4 is 28.6 Å². The Balaban J connectivity index is 3.91. The van der Waals surface area contributed by atoms with Crippen LogP contribution in [0.5, 0.6) is 0 Å². The van der Waals surface area contributed by atoms with E-state index in [-0.39, 0.29) is 10.5 Å². The van der Waals surface area contributed by atoms with Crippen molar-refractivity contribution in [1.29, 1.82) is 0 Å². The normalized spacial score (nSPS) is 14.6. The van der Waals surface area contributed by atoms with E-state index >= 15 is 0 Å². The van der Waals surface area contributed by atoms with Crippen molar-refractivity contribution in [1.82, 2.24) is 0 Å². The van der Waals surface area contributed by atoms with E-state index in [1.807, 2.05) is 22.6 Å². The molecule has 0 saturated carbocycles. The summed E-state index contributed by atoms with van der Waals surface area (Å²) in [5, 5.41) is 0. The highest BCUT2D eigenvalue weighted by atomic mass is 127. The number of alkyl halides is 3. The molecular weight excluding hydrogens is 401 g/mol. The first kappa shape index (κ1) is 22.1. The Morgan fingerprint density at radius 2 is 1.55 bits per heavy atom. The summed E-state index contributed by atoms with van der Waals surface area (Å²) in [6.07, 6.45) is 10.3. The zero-order valence-corrected chi connectivity index (χ0v) is 16.3. The van der Waals surface area contributed by atoms with Gasteiger partial charge in [-0.25, -0.2) is 4.79 Å². The Hall–Kier alpha value is 0.0600. The molecule has 0 fully saturated rings. The van der Waals surface area contributed by atoms with E-state index in [1.165, 1.54) is 45.4 Å². The van der Waals surface area contributed by atoms with Crippen molar-refractivity contribution in [3.05, 3.63) is 0 Å². The molecule has 2 nitrogen and oxygen atoms in total. The number of hydrogen-bond donors (Lipinski definition) is 0. The standard InChI is InChI=1S/C17H31F2IO2/c1-4-6-7-8-9-10-11-12-13-15(20)14(3)17(18,19)16(21)22-5-2/h14-15H,4-13H2,1-3H3. The first-order chi connectivity index (χ1) is 10.4. The molecule has 2 atom stereocenters. The first-order valence-corrected chi connectivity index (χ1v) is 9.81. The van der Waals surface area contributed by atoms with Gasteiger partial charge in [0, 0.05) is 9.84 Å². The third kappa shape index (κ3) is 8.63. The predicted molar refractivity (Wildman–Crippen MR) is 95.8 cm³/mol. The number of rotatable bonds is 13. The first-order valence-electron chi connectivity index (χ1n) is 8.56. The molecule has 2 unspecified atom stereocenters. The zero-order valence-electron chi connectivity index (χ0n) is 14.2. The minimum Gasteiger partial charge on any atom is -0.462 e. The third-order valence-corrected chi connectivity index (χ3v) is 5.70. The maximum atomic E-state index is 13.9. The largest absolute Gasteiger partial charge is 0.462 e. The molecule has 0 heterocycles. The van der Waals surface area contributed by atoms with Crippen LogP contribution in [0.25, 0.3) is 0 Å². The maximum Gasteiger partial charge on any atom is 0.377 e. The number of esters is 1. The molecule has 0 rings (SSSR count). The maximum absolute atomic E-state index is 13.9. The fourth-order valence-corrected chi connectivity index (χ4v) is 3.26. The Bertz CT molecular complexity index is 298. The van der Waals surface area contributed by atoms with E-state index in [0.717, 1.165) is 19.3 Å². The molecule has 0 aromatic carbocycles. The van der Waals surface area contributed by atoms with Gasteiger partial charge in [-0.1, -0.05) is 87.8 Å². The lowest BCUT2D eigenvalue weighted by Crippen LogP contribution is -2.41. The van der Waals surface area contributed by atoms with Crippen LogP contribution in [0.3, 0.4) is 0 Å². The summed E-state index contributed by atoms with van der Waals surface area (Å²) in [6.45, 7) is 5.18. The van der Waals surface area contributed by atoms with Gasteiger partial charge in [0.25, 0.3) is 0 Å². The third-order valence-electron chi connectivity index (χ3n) is 4.00. The summed E-state index contributed by atoms with van der Waals surface area (Å²) in [4.78, 5) is 11.3. The van der Waals surface area contributed by atoms with E-state index in [0.29, 0.717) is 0 Å². The summed E-state index contributed by atoms with van der Waals surface area (Å²) in [5.74, 6) is -5.76. The molecule has 5 heteroatoms. The summed E-state index contributed by atoms with van der Waals surface area (Å²) < 4.78 is 32.1. The Morgan fingerprint density at radius 3 is 2.05 bits per heavy atom. The van der Waals surface area contributed by atoms with Gasteiger partial charge in [0.1, 0.15) is 0 Å². The van der Waals surface area contributed by atoms with Crippen LogP contribution in [0, 0.1) is 5.92 Å². The lowest BCUT2D eigenvalue weighted by Gasteiger charge is -2.25. The van der Waals surface area contributed by atoms with Gasteiger partial charge >= 0.3 is 11.9 Å². The molecule has 0 aliphatic rings. The molecule has 0 radical (unpaired) electrons. The second-order valence-electron chi connectivity index (χ2n) is 5.91. The van der Waals surface area contributed by atoms with Gasteiger partial charge in [0.05, 0.1) is 6.61 Å². The van der Waals surface area contributed by atoms with E-state index in [9.17, 15) is 13.6 Å². The van der Waals surface area contributed by atoms with Crippen LogP contribution in [-0.4, -0.2) is 22.4 Å². The van der Waals surface area contributed by atoms with Crippen molar-refractivity contribution in [2.45, 2.75) is 88.4 Å². The van der Waals surface area contributed by atoms with Gasteiger partial charge in [0.2, 0.25) is 0 Å². The van der Waals surface area contributed by atoms with Crippen LogP contribution < -0.4 is 0 Å². The second-order valence-corrected chi connectivity index (χ2v) is 7.51. The molecule has 0 N–H and O–H groups in total. The highest BCUT2D eigenvalue weighted by molar-refractivity contribution is 14.1. The minimum atomic E-state index is -3.39. The molecule has 0 spiro atoms. The number of ether oxygens (including phenoxy) is 1. The summed E-state index contributed by atoms with van der Waals surface area (Å²) in [7, 11) is 0. The quantitative estimate of drug-likeness (QED) is 0.151. The molecule has 0 aliphatic heterocycles. The highest BCUT2D eigenvalue weighted by Crippen LogP contribution is 2.34. The average molecular weight is 432 g/mol. The van der Waals surface area contributed by atoms with Crippen LogP contribution in [0.1, 0.15) is 78.6 Å². The monoisotopic (exact) mass is 432 g/mol. The van der Waals surface area contributed by atoms with E-state index in [4.69, 9.17) is 0 Å². The van der Waals surface area contributed by atoms with Gasteiger partial charge < -0.3 is 4.74 Å². The Labute approximate surface area is 147 Å². The SMILES string of the molecule is CCCCCCCCCCC(I)C(C)C(F)(F)C(=O)OCC. The topological polar surface area (TPSA) is 26.3 Å². The zero-order chi connectivity index (χ0) is 17.0. The molecule has 0 bridgehead atoms. The lowest BCUT2D eigenvalue weighted by atomic mass is 9.95. The van der Waals surface area contributed by atoms with Crippen molar-refractivity contribution in [2.75, 3.05) is 6.61 Å². The molecular formula is C17H31F2IO2. The number of unbranched alkanes of at least 4 members (excludes halogenated alkanes) is 7. The second kappa shape index (κ2) is 12.5. The molecule has 0 aromatic rings. The highest BCUT2D eigenvalue weighted by Gasteiger charge is 2.48. The fourth-order valence-electron chi connectivity index (χ4n) is 2.36. The van der Waals surface area contributed by atoms with Gasteiger partial charge in [-0.3, -0.25) is 0 Å². The lowest BCUT2D eigenvalue weighted by molar-refractivity contribution is -0.178. The van der Waals surface area contributed by atoms with Crippen LogP contribution in [0.2, 0.25) is 0 Å². The summed E-state index contributed by atoms with van der Waals surface area (Å²) >= 11 is 2.05. The summed E-state index contributed by atoms with van der Waals surface area (Å²) in [5.41, 5.74) is 0. The molecule has 22 heavy (non-hydrogen) atoms. The van der Waals surface area contributed by atoms with Gasteiger partial charge in [0.15, 0.2) is 0 Å². The van der Waals surface area contributed by atoms with Gasteiger partial charge in [-0.2, -0.15) is 8.78 Å². The van der Waals surface area contributed by atoms with E-state index in [1.54, 1.807) is 6.92 Å². The Kier molecular flexibility index (Phi) is 12.5. The summed E-state index contributed by atoms with van der Waals surface area (Å²) in [6, 6.07) is 0. The van der Waals surface area contributed by atoms with E-state index in [2.05, 4.69) is 11.7 Å². The number of carbonyl (C=O) groups is 1. The molecule has 0 amide bonds. The molecule has 132 valence electrons.